The summed E-state index contributed by atoms with van der Waals surface area (Å²) < 4.78 is 43.1. The van der Waals surface area contributed by atoms with Crippen LogP contribution < -0.4 is 4.90 Å². The summed E-state index contributed by atoms with van der Waals surface area (Å²) in [4.78, 5) is 3.96. The maximum absolute atomic E-state index is 12.5. The second kappa shape index (κ2) is 6.45. The van der Waals surface area contributed by atoms with Gasteiger partial charge in [-0.3, -0.25) is 4.90 Å². The highest BCUT2D eigenvalue weighted by molar-refractivity contribution is 7.15. The average molecular weight is 324 g/mol. The molecule has 0 saturated carbocycles. The molecule has 1 aromatic heterocycles. The maximum atomic E-state index is 12.5. The van der Waals surface area contributed by atoms with Crippen molar-refractivity contribution in [3.05, 3.63) is 5.01 Å². The minimum absolute atomic E-state index is 0.178. The minimum atomic E-state index is -4.42. The Labute approximate surface area is 125 Å². The lowest BCUT2D eigenvalue weighted by atomic mass is 10.2. The van der Waals surface area contributed by atoms with Crippen molar-refractivity contribution in [1.29, 1.82) is 0 Å². The molecule has 2 heterocycles. The van der Waals surface area contributed by atoms with Crippen molar-refractivity contribution in [3.8, 4) is 0 Å². The first-order valence-electron chi connectivity index (χ1n) is 6.75. The van der Waals surface area contributed by atoms with Crippen LogP contribution in [0.3, 0.4) is 0 Å². The predicted molar refractivity (Wildman–Crippen MR) is 74.6 cm³/mol. The van der Waals surface area contributed by atoms with Crippen LogP contribution in [0.2, 0.25) is 0 Å². The molecule has 1 aliphatic rings. The van der Waals surface area contributed by atoms with Crippen LogP contribution in [0.25, 0.3) is 0 Å². The van der Waals surface area contributed by atoms with Gasteiger partial charge in [0.2, 0.25) is 10.1 Å². The number of ether oxygens (including phenoxy) is 1. The number of halogens is 3. The first-order valence-corrected chi connectivity index (χ1v) is 7.57. The Kier molecular flexibility index (Phi) is 5.05. The highest BCUT2D eigenvalue weighted by Crippen LogP contribution is 2.33. The molecule has 1 aliphatic heterocycles. The molecule has 0 bridgehead atoms. The van der Waals surface area contributed by atoms with Crippen molar-refractivity contribution in [2.45, 2.75) is 32.2 Å². The van der Waals surface area contributed by atoms with Crippen LogP contribution in [-0.2, 0) is 10.9 Å². The van der Waals surface area contributed by atoms with Crippen LogP contribution in [-0.4, -0.2) is 60.5 Å². The van der Waals surface area contributed by atoms with Gasteiger partial charge in [-0.05, 0) is 13.8 Å². The number of hydrogen-bond acceptors (Lipinski definition) is 6. The van der Waals surface area contributed by atoms with Crippen LogP contribution in [0, 0.1) is 0 Å². The normalized spacial score (nSPS) is 24.3. The molecule has 1 aromatic rings. The summed E-state index contributed by atoms with van der Waals surface area (Å²) >= 11 is 0.571. The number of alkyl halides is 3. The molecule has 0 aromatic carbocycles. The number of aromatic nitrogens is 2. The number of rotatable bonds is 4. The van der Waals surface area contributed by atoms with Crippen molar-refractivity contribution >= 4 is 16.5 Å². The van der Waals surface area contributed by atoms with Gasteiger partial charge in [-0.1, -0.05) is 11.3 Å². The van der Waals surface area contributed by atoms with Crippen LogP contribution in [0.5, 0.6) is 0 Å². The quantitative estimate of drug-likeness (QED) is 0.848. The van der Waals surface area contributed by atoms with Gasteiger partial charge in [0.05, 0.1) is 12.2 Å². The van der Waals surface area contributed by atoms with E-state index < -0.39 is 11.2 Å². The summed E-state index contributed by atoms with van der Waals surface area (Å²) in [7, 11) is 1.73. The second-order valence-corrected chi connectivity index (χ2v) is 6.28. The predicted octanol–water partition coefficient (Wildman–Crippen LogP) is 2.10. The topological polar surface area (TPSA) is 41.5 Å². The zero-order chi connectivity index (χ0) is 15.6. The maximum Gasteiger partial charge on any atom is 0.445 e. The van der Waals surface area contributed by atoms with Crippen LogP contribution in [0.4, 0.5) is 18.3 Å². The van der Waals surface area contributed by atoms with Gasteiger partial charge in [-0.25, -0.2) is 0 Å². The van der Waals surface area contributed by atoms with E-state index in [2.05, 4.69) is 15.1 Å². The Bertz CT molecular complexity index is 458. The average Bonchev–Trinajstić information content (AvgIpc) is 2.84. The van der Waals surface area contributed by atoms with Gasteiger partial charge in [0.1, 0.15) is 0 Å². The molecular weight excluding hydrogens is 305 g/mol. The van der Waals surface area contributed by atoms with E-state index in [1.165, 1.54) is 0 Å². The largest absolute Gasteiger partial charge is 0.445 e. The molecule has 1 saturated heterocycles. The number of nitrogens with zero attached hydrogens (tertiary/aromatic N) is 4. The molecule has 0 N–H and O–H groups in total. The second-order valence-electron chi connectivity index (χ2n) is 5.33. The first kappa shape index (κ1) is 16.4. The summed E-state index contributed by atoms with van der Waals surface area (Å²) in [6, 6.07) is 0. The van der Waals surface area contributed by atoms with E-state index in [0.717, 1.165) is 19.6 Å². The summed E-state index contributed by atoms with van der Waals surface area (Å²) in [6.07, 6.45) is -4.07. The van der Waals surface area contributed by atoms with E-state index in [1.807, 2.05) is 13.8 Å². The Balaban J connectivity index is 1.87. The fourth-order valence-electron chi connectivity index (χ4n) is 2.34. The van der Waals surface area contributed by atoms with Crippen LogP contribution in [0.1, 0.15) is 18.9 Å². The van der Waals surface area contributed by atoms with Gasteiger partial charge in [-0.2, -0.15) is 13.2 Å². The third kappa shape index (κ3) is 4.52. The SMILES string of the molecule is C[C@@H]1CN(CCN(C)c2nnc(C(F)(F)F)s2)C[C@H](C)O1. The molecule has 2 rings (SSSR count). The molecular formula is C12H19F3N4OS. The highest BCUT2D eigenvalue weighted by atomic mass is 32.1. The lowest BCUT2D eigenvalue weighted by Gasteiger charge is -2.36. The van der Waals surface area contributed by atoms with Gasteiger partial charge in [0.25, 0.3) is 0 Å². The lowest BCUT2D eigenvalue weighted by molar-refractivity contribution is -0.138. The van der Waals surface area contributed by atoms with Gasteiger partial charge in [-0.15, -0.1) is 10.2 Å². The molecule has 2 atom stereocenters. The molecule has 5 nitrogen and oxygen atoms in total. The fourth-order valence-corrected chi connectivity index (χ4v) is 3.04. The van der Waals surface area contributed by atoms with Crippen LogP contribution >= 0.6 is 11.3 Å². The van der Waals surface area contributed by atoms with Crippen molar-refractivity contribution in [2.75, 3.05) is 38.1 Å². The third-order valence-corrected chi connectivity index (χ3v) is 4.31. The van der Waals surface area contributed by atoms with Gasteiger partial charge >= 0.3 is 6.18 Å². The van der Waals surface area contributed by atoms with Gasteiger partial charge < -0.3 is 9.64 Å². The Morgan fingerprint density at radius 2 is 1.90 bits per heavy atom. The summed E-state index contributed by atoms with van der Waals surface area (Å²) in [5.41, 5.74) is 0. The molecule has 1 fully saturated rings. The van der Waals surface area contributed by atoms with Crippen molar-refractivity contribution in [2.24, 2.45) is 0 Å². The van der Waals surface area contributed by atoms with E-state index in [9.17, 15) is 13.2 Å². The highest BCUT2D eigenvalue weighted by Gasteiger charge is 2.36. The Morgan fingerprint density at radius 3 is 2.43 bits per heavy atom. The summed E-state index contributed by atoms with van der Waals surface area (Å²) in [5, 5.41) is 6.19. The molecule has 0 spiro atoms. The van der Waals surface area contributed by atoms with Gasteiger partial charge in [0.15, 0.2) is 0 Å². The zero-order valence-corrected chi connectivity index (χ0v) is 13.0. The Hall–Kier alpha value is -0.930. The first-order chi connectivity index (χ1) is 9.75. The molecule has 0 amide bonds. The molecule has 9 heteroatoms. The molecule has 0 unspecified atom stereocenters. The molecule has 0 aliphatic carbocycles. The van der Waals surface area contributed by atoms with Crippen LogP contribution in [0.15, 0.2) is 0 Å². The minimum Gasteiger partial charge on any atom is -0.373 e. The summed E-state index contributed by atoms with van der Waals surface area (Å²) in [6.45, 7) is 7.07. The zero-order valence-electron chi connectivity index (χ0n) is 12.2. The van der Waals surface area contributed by atoms with Crippen molar-refractivity contribution in [1.82, 2.24) is 15.1 Å². The Morgan fingerprint density at radius 1 is 1.29 bits per heavy atom. The molecule has 120 valence electrons. The van der Waals surface area contributed by atoms with E-state index in [0.29, 0.717) is 17.9 Å². The van der Waals surface area contributed by atoms with Crippen molar-refractivity contribution in [3.63, 3.8) is 0 Å². The monoisotopic (exact) mass is 324 g/mol. The number of likely N-dealkylation sites (N-methyl/N-ethyl adjacent to an activating group) is 1. The van der Waals surface area contributed by atoms with E-state index in [1.54, 1.807) is 11.9 Å². The summed E-state index contributed by atoms with van der Waals surface area (Å²) in [5.74, 6) is 0. The molecule has 0 radical (unpaired) electrons. The lowest BCUT2D eigenvalue weighted by Crippen LogP contribution is -2.47. The number of morpholine rings is 1. The van der Waals surface area contributed by atoms with E-state index >= 15 is 0 Å². The van der Waals surface area contributed by atoms with E-state index in [-0.39, 0.29) is 17.3 Å². The molecule has 21 heavy (non-hydrogen) atoms. The van der Waals surface area contributed by atoms with E-state index in [4.69, 9.17) is 4.74 Å². The number of anilines is 1. The van der Waals surface area contributed by atoms with Gasteiger partial charge in [0, 0.05) is 33.2 Å². The smallest absolute Gasteiger partial charge is 0.373 e. The fraction of sp³-hybridized carbons (Fsp3) is 0.833. The van der Waals surface area contributed by atoms with Crippen molar-refractivity contribution < 1.29 is 17.9 Å². The third-order valence-electron chi connectivity index (χ3n) is 3.23. The standard InChI is InChI=1S/C12H19F3N4OS/c1-8-6-19(7-9(2)20-8)5-4-18(3)11-17-16-10(21-11)12(13,14)15/h8-9H,4-7H2,1-3H3/t8-,9+. The number of hydrogen-bond donors (Lipinski definition) is 0.